The molecule has 4 rings (SSSR count). The van der Waals surface area contributed by atoms with Gasteiger partial charge in [0.05, 0.1) is 5.52 Å². The number of pyridine rings is 1. The van der Waals surface area contributed by atoms with Crippen molar-refractivity contribution in [1.82, 2.24) is 14.5 Å². The maximum absolute atomic E-state index is 12.5. The van der Waals surface area contributed by atoms with Crippen LogP contribution in [0.1, 0.15) is 0 Å². The number of benzene rings is 2. The normalized spacial score (nSPS) is 11.4. The molecule has 30 heavy (non-hydrogen) atoms. The SMILES string of the molecule is Cn1cc(S(=O)(=O)Nc2ccc(Oc3ccnc4ccccc34)cc2)c(=O)[nH]c1=O. The molecule has 0 aliphatic carbocycles. The van der Waals surface area contributed by atoms with Crippen LogP contribution in [-0.4, -0.2) is 23.0 Å². The number of hydrogen-bond acceptors (Lipinski definition) is 6. The van der Waals surface area contributed by atoms with Gasteiger partial charge in [0, 0.05) is 30.5 Å². The Hall–Kier alpha value is -3.92. The van der Waals surface area contributed by atoms with Crippen molar-refractivity contribution in [2.45, 2.75) is 4.90 Å². The number of hydrogen-bond donors (Lipinski definition) is 2. The Morgan fingerprint density at radius 3 is 2.53 bits per heavy atom. The van der Waals surface area contributed by atoms with Crippen LogP contribution >= 0.6 is 0 Å². The number of sulfonamides is 1. The minimum atomic E-state index is -4.19. The Bertz CT molecular complexity index is 1450. The minimum absolute atomic E-state index is 0.232. The van der Waals surface area contributed by atoms with Crippen molar-refractivity contribution in [2.75, 3.05) is 4.72 Å². The summed E-state index contributed by atoms with van der Waals surface area (Å²) in [4.78, 5) is 29.0. The van der Waals surface area contributed by atoms with Gasteiger partial charge in [0.1, 0.15) is 11.5 Å². The third-order valence-electron chi connectivity index (χ3n) is 4.31. The van der Waals surface area contributed by atoms with Gasteiger partial charge in [-0.3, -0.25) is 19.5 Å². The number of nitrogens with one attached hydrogen (secondary N) is 2. The summed E-state index contributed by atoms with van der Waals surface area (Å²) in [6, 6.07) is 15.5. The predicted molar refractivity (Wildman–Crippen MR) is 111 cm³/mol. The first-order valence-electron chi connectivity index (χ1n) is 8.78. The smallest absolute Gasteiger partial charge is 0.328 e. The fourth-order valence-electron chi connectivity index (χ4n) is 2.82. The van der Waals surface area contributed by atoms with Crippen molar-refractivity contribution in [1.29, 1.82) is 0 Å². The Morgan fingerprint density at radius 2 is 1.77 bits per heavy atom. The minimum Gasteiger partial charge on any atom is -0.457 e. The lowest BCUT2D eigenvalue weighted by atomic mass is 10.2. The quantitative estimate of drug-likeness (QED) is 0.506. The van der Waals surface area contributed by atoms with Gasteiger partial charge < -0.3 is 9.30 Å². The summed E-state index contributed by atoms with van der Waals surface area (Å²) < 4.78 is 34.2. The highest BCUT2D eigenvalue weighted by Crippen LogP contribution is 2.29. The highest BCUT2D eigenvalue weighted by Gasteiger charge is 2.20. The van der Waals surface area contributed by atoms with Crippen molar-refractivity contribution >= 4 is 26.6 Å². The van der Waals surface area contributed by atoms with Crippen LogP contribution in [0.3, 0.4) is 0 Å². The van der Waals surface area contributed by atoms with Gasteiger partial charge in [-0.25, -0.2) is 13.2 Å². The number of rotatable bonds is 5. The topological polar surface area (TPSA) is 123 Å². The molecule has 0 spiro atoms. The molecule has 152 valence electrons. The fourth-order valence-corrected chi connectivity index (χ4v) is 3.97. The van der Waals surface area contributed by atoms with E-state index in [1.54, 1.807) is 24.4 Å². The number of anilines is 1. The van der Waals surface area contributed by atoms with Gasteiger partial charge in [0.2, 0.25) is 0 Å². The van der Waals surface area contributed by atoms with E-state index < -0.39 is 26.2 Å². The molecule has 10 heteroatoms. The van der Waals surface area contributed by atoms with E-state index in [2.05, 4.69) is 9.71 Å². The molecular weight excluding hydrogens is 408 g/mol. The molecule has 0 radical (unpaired) electrons. The number of aromatic nitrogens is 3. The molecule has 0 bridgehead atoms. The Morgan fingerprint density at radius 1 is 1.03 bits per heavy atom. The number of ether oxygens (including phenoxy) is 1. The number of nitrogens with zero attached hydrogens (tertiary/aromatic N) is 2. The van der Waals surface area contributed by atoms with Crippen molar-refractivity contribution in [3.63, 3.8) is 0 Å². The molecule has 0 unspecified atom stereocenters. The number of fused-ring (bicyclic) bond motifs is 1. The molecular formula is C20H16N4O5S. The van der Waals surface area contributed by atoms with Gasteiger partial charge in [-0.15, -0.1) is 0 Å². The van der Waals surface area contributed by atoms with Crippen LogP contribution in [-0.2, 0) is 17.1 Å². The molecule has 0 aliphatic heterocycles. The van der Waals surface area contributed by atoms with Gasteiger partial charge in [-0.05, 0) is 42.5 Å². The average molecular weight is 424 g/mol. The van der Waals surface area contributed by atoms with Crippen molar-refractivity contribution in [2.24, 2.45) is 7.05 Å². The van der Waals surface area contributed by atoms with Crippen molar-refractivity contribution in [3.05, 3.63) is 87.8 Å². The summed E-state index contributed by atoms with van der Waals surface area (Å²) in [7, 11) is -2.85. The largest absolute Gasteiger partial charge is 0.457 e. The third kappa shape index (κ3) is 3.80. The van der Waals surface area contributed by atoms with Crippen LogP contribution in [0.15, 0.2) is 81.5 Å². The zero-order chi connectivity index (χ0) is 21.3. The maximum atomic E-state index is 12.5. The summed E-state index contributed by atoms with van der Waals surface area (Å²) in [6.45, 7) is 0. The van der Waals surface area contributed by atoms with E-state index in [0.717, 1.165) is 21.7 Å². The van der Waals surface area contributed by atoms with Gasteiger partial charge in [-0.2, -0.15) is 0 Å². The molecule has 0 atom stereocenters. The van der Waals surface area contributed by atoms with Crippen LogP contribution < -0.4 is 20.7 Å². The van der Waals surface area contributed by atoms with E-state index in [4.69, 9.17) is 4.74 Å². The second-order valence-electron chi connectivity index (χ2n) is 6.42. The average Bonchev–Trinajstić information content (AvgIpc) is 2.72. The van der Waals surface area contributed by atoms with E-state index in [1.165, 1.54) is 19.2 Å². The zero-order valence-corrected chi connectivity index (χ0v) is 16.5. The van der Waals surface area contributed by atoms with Gasteiger partial charge >= 0.3 is 5.69 Å². The lowest BCUT2D eigenvalue weighted by Crippen LogP contribution is -2.33. The van der Waals surface area contributed by atoms with Crippen LogP contribution in [0.2, 0.25) is 0 Å². The second-order valence-corrected chi connectivity index (χ2v) is 8.07. The molecule has 0 fully saturated rings. The Labute approximate surface area is 170 Å². The van der Waals surface area contributed by atoms with E-state index >= 15 is 0 Å². The Kier molecular flexibility index (Phi) is 4.84. The summed E-state index contributed by atoms with van der Waals surface area (Å²) in [5.41, 5.74) is -0.670. The van der Waals surface area contributed by atoms with Crippen LogP contribution in [0.25, 0.3) is 10.9 Å². The fraction of sp³-hybridized carbons (Fsp3) is 0.0500. The third-order valence-corrected chi connectivity index (χ3v) is 5.68. The highest BCUT2D eigenvalue weighted by molar-refractivity contribution is 7.92. The van der Waals surface area contributed by atoms with Crippen molar-refractivity contribution < 1.29 is 13.2 Å². The molecule has 9 nitrogen and oxygen atoms in total. The predicted octanol–water partition coefficient (Wildman–Crippen LogP) is 2.21. The summed E-state index contributed by atoms with van der Waals surface area (Å²) in [5, 5.41) is 0.846. The number of para-hydroxylation sites is 1. The zero-order valence-electron chi connectivity index (χ0n) is 15.7. The van der Waals surface area contributed by atoms with Crippen molar-refractivity contribution in [3.8, 4) is 11.5 Å². The summed E-state index contributed by atoms with van der Waals surface area (Å²) in [5.74, 6) is 1.11. The Balaban J connectivity index is 1.57. The first kappa shape index (κ1) is 19.4. The number of aromatic amines is 1. The van der Waals surface area contributed by atoms with E-state index in [1.807, 2.05) is 29.2 Å². The number of H-pyrrole nitrogens is 1. The monoisotopic (exact) mass is 424 g/mol. The van der Waals surface area contributed by atoms with Crippen LogP contribution in [0.4, 0.5) is 5.69 Å². The molecule has 2 N–H and O–H groups in total. The second kappa shape index (κ2) is 7.48. The molecule has 0 saturated carbocycles. The summed E-state index contributed by atoms with van der Waals surface area (Å²) in [6.07, 6.45) is 2.61. The molecule has 4 aromatic rings. The molecule has 2 aromatic heterocycles. The lowest BCUT2D eigenvalue weighted by Gasteiger charge is -2.11. The standard InChI is InChI=1S/C20H16N4O5S/c1-24-12-18(19(25)22-20(24)26)30(27,28)23-13-6-8-14(9-7-13)29-17-10-11-21-16-5-3-2-4-15(16)17/h2-12,23H,1H3,(H,22,25,26). The number of aryl methyl sites for hydroxylation is 1. The van der Waals surface area contributed by atoms with Gasteiger partial charge in [-0.1, -0.05) is 12.1 Å². The highest BCUT2D eigenvalue weighted by atomic mass is 32.2. The summed E-state index contributed by atoms with van der Waals surface area (Å²) >= 11 is 0. The van der Waals surface area contributed by atoms with Crippen LogP contribution in [0, 0.1) is 0 Å². The molecule has 2 heterocycles. The first-order chi connectivity index (χ1) is 14.3. The molecule has 0 aliphatic rings. The maximum Gasteiger partial charge on any atom is 0.328 e. The lowest BCUT2D eigenvalue weighted by molar-refractivity contribution is 0.488. The van der Waals surface area contributed by atoms with Gasteiger partial charge in [0.25, 0.3) is 15.6 Å². The van der Waals surface area contributed by atoms with E-state index in [0.29, 0.717) is 11.5 Å². The van der Waals surface area contributed by atoms with Crippen LogP contribution in [0.5, 0.6) is 11.5 Å². The molecule has 2 aromatic carbocycles. The van der Waals surface area contributed by atoms with Gasteiger partial charge in [0.15, 0.2) is 4.90 Å². The molecule has 0 saturated heterocycles. The molecule has 0 amide bonds. The first-order valence-corrected chi connectivity index (χ1v) is 10.3. The van der Waals surface area contributed by atoms with E-state index in [-0.39, 0.29) is 5.69 Å². The van der Waals surface area contributed by atoms with E-state index in [9.17, 15) is 18.0 Å².